The monoisotopic (exact) mass is 769 g/mol. The number of phenols is 1. The number of cyclic esters (lactones) is 1. The largest absolute Gasteiger partial charge is 0.508 e. The van der Waals surface area contributed by atoms with Crippen molar-refractivity contribution in [2.45, 2.75) is 83.1 Å². The van der Waals surface area contributed by atoms with E-state index in [9.17, 15) is 23.1 Å². The summed E-state index contributed by atoms with van der Waals surface area (Å²) in [5.74, 6) is -1.12. The van der Waals surface area contributed by atoms with Gasteiger partial charge in [0.15, 0.2) is 5.03 Å². The molecule has 0 spiro atoms. The third-order valence-corrected chi connectivity index (χ3v) is 11.8. The zero-order chi connectivity index (χ0) is 39.1. The molecule has 5 heterocycles. The Morgan fingerprint density at radius 1 is 1.15 bits per heavy atom. The molecule has 7 rings (SSSR count). The number of methoxy groups -OCH3 is 1. The van der Waals surface area contributed by atoms with Crippen LogP contribution in [0.3, 0.4) is 0 Å². The van der Waals surface area contributed by atoms with E-state index in [0.29, 0.717) is 36.9 Å². The fourth-order valence-electron chi connectivity index (χ4n) is 7.69. The van der Waals surface area contributed by atoms with Gasteiger partial charge in [-0.15, -0.1) is 0 Å². The number of hydrogen-bond acceptors (Lipinski definition) is 10. The van der Waals surface area contributed by atoms with Gasteiger partial charge in [0, 0.05) is 48.3 Å². The molecule has 4 N–H and O–H groups in total. The summed E-state index contributed by atoms with van der Waals surface area (Å²) < 4.78 is 43.5. The van der Waals surface area contributed by atoms with Crippen LogP contribution in [0.25, 0.3) is 33.3 Å². The molecule has 1 saturated heterocycles. The number of ether oxygens (including phenoxy) is 2. The maximum atomic E-state index is 14.2. The van der Waals surface area contributed by atoms with Gasteiger partial charge in [-0.3, -0.25) is 19.6 Å². The number of benzene rings is 2. The van der Waals surface area contributed by atoms with Crippen molar-refractivity contribution < 1.29 is 32.6 Å². The summed E-state index contributed by atoms with van der Waals surface area (Å²) in [5, 5.41) is 13.1. The predicted octanol–water partition coefficient (Wildman–Crippen LogP) is 5.04. The highest BCUT2D eigenvalue weighted by atomic mass is 32.2. The zero-order valence-electron chi connectivity index (χ0n) is 31.6. The summed E-state index contributed by atoms with van der Waals surface area (Å²) in [6.45, 7) is 9.22. The van der Waals surface area contributed by atoms with Gasteiger partial charge in [0.2, 0.25) is 0 Å². The van der Waals surface area contributed by atoms with Crippen LogP contribution < -0.4 is 10.1 Å². The fourth-order valence-corrected chi connectivity index (χ4v) is 8.78. The van der Waals surface area contributed by atoms with Crippen LogP contribution in [-0.4, -0.2) is 82.3 Å². The van der Waals surface area contributed by atoms with Crippen molar-refractivity contribution in [3.05, 3.63) is 84.1 Å². The van der Waals surface area contributed by atoms with Crippen molar-refractivity contribution >= 4 is 32.8 Å². The summed E-state index contributed by atoms with van der Waals surface area (Å²) in [5.41, 5.74) is 9.33. The summed E-state index contributed by atoms with van der Waals surface area (Å²) in [6, 6.07) is 13.1. The molecule has 55 heavy (non-hydrogen) atoms. The Morgan fingerprint density at radius 3 is 2.71 bits per heavy atom. The number of nitrogens with zero attached hydrogens (tertiary/aromatic N) is 4. The average molecular weight is 770 g/mol. The quantitative estimate of drug-likeness (QED) is 0.164. The van der Waals surface area contributed by atoms with Crippen molar-refractivity contribution in [2.24, 2.45) is 5.41 Å². The minimum atomic E-state index is -4.22. The molecular formula is C40H47N7O7S. The van der Waals surface area contributed by atoms with E-state index >= 15 is 0 Å². The predicted molar refractivity (Wildman–Crippen MR) is 206 cm³/mol. The number of nitrogens with one attached hydrogen (secondary N) is 3. The van der Waals surface area contributed by atoms with E-state index < -0.39 is 39.4 Å². The number of fused-ring (bicyclic) bond motifs is 6. The van der Waals surface area contributed by atoms with Crippen molar-refractivity contribution in [1.29, 1.82) is 0 Å². The van der Waals surface area contributed by atoms with Crippen LogP contribution in [0, 0.1) is 5.41 Å². The van der Waals surface area contributed by atoms with Gasteiger partial charge < -0.3 is 24.1 Å². The Bertz CT molecular complexity index is 2340. The summed E-state index contributed by atoms with van der Waals surface area (Å²) in [4.78, 5) is 39.0. The highest BCUT2D eigenvalue weighted by Crippen LogP contribution is 2.42. The highest BCUT2D eigenvalue weighted by molar-refractivity contribution is 7.89. The van der Waals surface area contributed by atoms with Crippen LogP contribution in [0.1, 0.15) is 63.5 Å². The Kier molecular flexibility index (Phi) is 10.6. The second-order valence-electron chi connectivity index (χ2n) is 15.1. The summed E-state index contributed by atoms with van der Waals surface area (Å²) in [6.07, 6.45) is 5.26. The van der Waals surface area contributed by atoms with Crippen LogP contribution in [0.5, 0.6) is 5.75 Å². The van der Waals surface area contributed by atoms with Crippen molar-refractivity contribution in [2.75, 3.05) is 20.3 Å². The number of aromatic amines is 1. The lowest BCUT2D eigenvalue weighted by molar-refractivity contribution is -0.155. The van der Waals surface area contributed by atoms with Crippen LogP contribution in [-0.2, 0) is 48.5 Å². The van der Waals surface area contributed by atoms with Gasteiger partial charge in [-0.1, -0.05) is 26.0 Å². The van der Waals surface area contributed by atoms with E-state index in [2.05, 4.69) is 63.7 Å². The number of H-pyrrole nitrogens is 1. The molecule has 290 valence electrons. The Hall–Kier alpha value is -5.09. The summed E-state index contributed by atoms with van der Waals surface area (Å²) >= 11 is 0. The first-order chi connectivity index (χ1) is 26.3. The molecule has 2 aliphatic heterocycles. The van der Waals surface area contributed by atoms with Gasteiger partial charge in [-0.05, 0) is 98.2 Å². The number of hydrogen-bond donors (Lipinski definition) is 4. The first-order valence-corrected chi connectivity index (χ1v) is 20.0. The number of carbonyl (C=O) groups is 2. The number of carbonyl (C=O) groups excluding carboxylic acids is 2. The van der Waals surface area contributed by atoms with Crippen molar-refractivity contribution in [3.8, 4) is 28.1 Å². The number of phenolic OH excluding ortho intramolecular Hbond substituents is 1. The standard InChI is InChI=1S/C40H47N7O7S/c1-6-46-34-12-11-26-19-30(34)31(37(46)29-9-7-13-42-36(29)24(2)53-5)20-40(3,4)22-54-39(50)32-10-8-14-47(44-32)38(49)33(17-25-15-27(26)18-28(48)16-25)45-55(51,52)35-21-41-23-43-35/h7,9,11-13,15-16,18-19,21,23-24,32-33,44-45,48H,6,8,10,14,17,20,22H2,1-5H3,(H,41,43)/t24-,32-,33-/m0/s1. The zero-order valence-corrected chi connectivity index (χ0v) is 32.4. The number of hydrazine groups is 1. The molecule has 1 amide bonds. The number of pyridine rings is 1. The van der Waals surface area contributed by atoms with Gasteiger partial charge >= 0.3 is 5.97 Å². The number of aryl methyl sites for hydroxylation is 1. The molecule has 0 unspecified atom stereocenters. The number of rotatable bonds is 7. The first-order valence-electron chi connectivity index (χ1n) is 18.5. The number of sulfonamides is 1. The molecule has 3 atom stereocenters. The Labute approximate surface area is 320 Å². The molecule has 3 aromatic heterocycles. The van der Waals surface area contributed by atoms with Gasteiger partial charge in [-0.2, -0.15) is 4.72 Å². The number of imidazole rings is 1. The molecule has 1 fully saturated rings. The van der Waals surface area contributed by atoms with Crippen LogP contribution >= 0.6 is 0 Å². The van der Waals surface area contributed by atoms with Crippen LogP contribution in [0.2, 0.25) is 0 Å². The van der Waals surface area contributed by atoms with Crippen molar-refractivity contribution in [1.82, 2.24) is 34.7 Å². The average Bonchev–Trinajstić information content (AvgIpc) is 3.83. The third kappa shape index (κ3) is 7.74. The Morgan fingerprint density at radius 2 is 1.96 bits per heavy atom. The van der Waals surface area contributed by atoms with E-state index in [4.69, 9.17) is 14.5 Å². The first kappa shape index (κ1) is 38.2. The topological polar surface area (TPSA) is 181 Å². The molecule has 0 radical (unpaired) electrons. The SMILES string of the molecule is CCn1c(-c2cccnc2[C@H](C)OC)c2c3cc(ccc31)-c1cc(O)cc(c1)C[C@H](NS(=O)(=O)c1cnc[nH]1)C(=O)N1CCC[C@H](N1)C(=O)OCC(C)(C)C2. The van der Waals surface area contributed by atoms with Gasteiger partial charge in [0.1, 0.15) is 17.8 Å². The van der Waals surface area contributed by atoms with Crippen molar-refractivity contribution in [3.63, 3.8) is 0 Å². The second kappa shape index (κ2) is 15.2. The van der Waals surface area contributed by atoms with E-state index in [1.165, 1.54) is 17.4 Å². The minimum Gasteiger partial charge on any atom is -0.508 e. The molecule has 6 bridgehead atoms. The van der Waals surface area contributed by atoms with Crippen LogP contribution in [0.4, 0.5) is 0 Å². The molecule has 2 aliphatic rings. The lowest BCUT2D eigenvalue weighted by atomic mass is 9.84. The molecular weight excluding hydrogens is 723 g/mol. The number of aromatic hydroxyl groups is 1. The van der Waals surface area contributed by atoms with E-state index in [1.807, 2.05) is 25.1 Å². The van der Waals surface area contributed by atoms with E-state index in [0.717, 1.165) is 45.2 Å². The lowest BCUT2D eigenvalue weighted by Crippen LogP contribution is -2.60. The molecule has 2 aromatic carbocycles. The fraction of sp³-hybridized carbons (Fsp3) is 0.400. The lowest BCUT2D eigenvalue weighted by Gasteiger charge is -2.35. The second-order valence-corrected chi connectivity index (χ2v) is 16.7. The number of aromatic nitrogens is 4. The normalized spacial score (nSPS) is 19.9. The van der Waals surface area contributed by atoms with Gasteiger partial charge in [0.05, 0.1) is 36.6 Å². The maximum Gasteiger partial charge on any atom is 0.324 e. The third-order valence-electron chi connectivity index (χ3n) is 10.4. The summed E-state index contributed by atoms with van der Waals surface area (Å²) in [7, 11) is -2.55. The highest BCUT2D eigenvalue weighted by Gasteiger charge is 2.36. The molecule has 14 nitrogen and oxygen atoms in total. The van der Waals surface area contributed by atoms with E-state index in [-0.39, 0.29) is 36.5 Å². The smallest absolute Gasteiger partial charge is 0.324 e. The number of esters is 1. The maximum absolute atomic E-state index is 14.2. The van der Waals surface area contributed by atoms with Gasteiger partial charge in [0.25, 0.3) is 15.9 Å². The van der Waals surface area contributed by atoms with Gasteiger partial charge in [-0.25, -0.2) is 18.8 Å². The molecule has 5 aromatic rings. The molecule has 0 saturated carbocycles. The van der Waals surface area contributed by atoms with Crippen LogP contribution in [0.15, 0.2) is 72.3 Å². The molecule has 15 heteroatoms. The Balaban J connectivity index is 1.41. The minimum absolute atomic E-state index is 0.0368. The van der Waals surface area contributed by atoms with E-state index in [1.54, 1.807) is 19.4 Å². The number of amides is 1. The molecule has 0 aliphatic carbocycles.